The number of benzene rings is 1. The van der Waals surface area contributed by atoms with Gasteiger partial charge in [-0.05, 0) is 12.1 Å². The molecule has 0 saturated heterocycles. The van der Waals surface area contributed by atoms with Crippen LogP contribution in [0.5, 0.6) is 0 Å². The number of H-pyrrole nitrogens is 1. The van der Waals surface area contributed by atoms with Crippen LogP contribution in [0.25, 0.3) is 11.3 Å². The molecule has 0 spiro atoms. The largest absolute Gasteiger partial charge is 0.330 e. The summed E-state index contributed by atoms with van der Waals surface area (Å²) >= 11 is 0. The lowest BCUT2D eigenvalue weighted by atomic mass is 10.1. The summed E-state index contributed by atoms with van der Waals surface area (Å²) in [4.78, 5) is 0. The van der Waals surface area contributed by atoms with Crippen molar-refractivity contribution < 1.29 is 0 Å². The zero-order chi connectivity index (χ0) is 11.2. The second-order valence-electron chi connectivity index (χ2n) is 3.36. The van der Waals surface area contributed by atoms with Gasteiger partial charge in [-0.1, -0.05) is 30.0 Å². The summed E-state index contributed by atoms with van der Waals surface area (Å²) < 4.78 is 0. The average Bonchev–Trinajstić information content (AvgIpc) is 2.83. The van der Waals surface area contributed by atoms with E-state index in [0.717, 1.165) is 23.2 Å². The third kappa shape index (κ3) is 2.30. The van der Waals surface area contributed by atoms with Gasteiger partial charge in [-0.25, -0.2) is 0 Å². The highest BCUT2D eigenvalue weighted by Crippen LogP contribution is 2.20. The van der Waals surface area contributed by atoms with Crippen LogP contribution in [0, 0.1) is 11.8 Å². The molecule has 0 unspecified atom stereocenters. The minimum absolute atomic E-state index is 0.596. The molecular formula is C13H13N3. The predicted molar refractivity (Wildman–Crippen MR) is 64.6 cm³/mol. The first kappa shape index (κ1) is 10.5. The van der Waals surface area contributed by atoms with E-state index < -0.39 is 0 Å². The third-order valence-electron chi connectivity index (χ3n) is 2.21. The van der Waals surface area contributed by atoms with Crippen LogP contribution in [0.1, 0.15) is 12.0 Å². The van der Waals surface area contributed by atoms with E-state index >= 15 is 0 Å². The zero-order valence-corrected chi connectivity index (χ0v) is 8.90. The predicted octanol–water partition coefficient (Wildman–Crippen LogP) is 1.78. The van der Waals surface area contributed by atoms with E-state index in [2.05, 4.69) is 22.0 Å². The van der Waals surface area contributed by atoms with E-state index in [0.29, 0.717) is 6.54 Å². The maximum absolute atomic E-state index is 5.41. The summed E-state index contributed by atoms with van der Waals surface area (Å²) in [6.07, 6.45) is 2.46. The molecule has 0 radical (unpaired) electrons. The highest BCUT2D eigenvalue weighted by atomic mass is 15.1. The molecule has 2 aromatic rings. The molecule has 1 aromatic heterocycles. The second kappa shape index (κ2) is 5.15. The lowest BCUT2D eigenvalue weighted by Crippen LogP contribution is -1.95. The molecule has 0 amide bonds. The number of hydrogen-bond donors (Lipinski definition) is 2. The van der Waals surface area contributed by atoms with Crippen molar-refractivity contribution in [2.45, 2.75) is 6.42 Å². The summed E-state index contributed by atoms with van der Waals surface area (Å²) in [6.45, 7) is 0.596. The summed E-state index contributed by atoms with van der Waals surface area (Å²) in [7, 11) is 0. The monoisotopic (exact) mass is 211 g/mol. The lowest BCUT2D eigenvalue weighted by molar-refractivity contribution is 1.03. The van der Waals surface area contributed by atoms with Crippen molar-refractivity contribution in [1.29, 1.82) is 0 Å². The summed E-state index contributed by atoms with van der Waals surface area (Å²) in [5.41, 5.74) is 8.46. The SMILES string of the molecule is NCCC#Cc1ccccc1-c1ccn[nH]1. The Bertz CT molecular complexity index is 503. The molecule has 0 aliphatic heterocycles. The number of aromatic nitrogens is 2. The van der Waals surface area contributed by atoms with Gasteiger partial charge in [0.25, 0.3) is 0 Å². The molecule has 2 rings (SSSR count). The number of rotatable bonds is 2. The fourth-order valence-electron chi connectivity index (χ4n) is 1.46. The molecular weight excluding hydrogens is 198 g/mol. The van der Waals surface area contributed by atoms with Crippen molar-refractivity contribution >= 4 is 0 Å². The van der Waals surface area contributed by atoms with Crippen molar-refractivity contribution in [1.82, 2.24) is 10.2 Å². The smallest absolute Gasteiger partial charge is 0.0662 e. The van der Waals surface area contributed by atoms with Gasteiger partial charge in [0.05, 0.1) is 5.69 Å². The molecule has 1 heterocycles. The number of nitrogens with one attached hydrogen (secondary N) is 1. The Morgan fingerprint density at radius 2 is 2.12 bits per heavy atom. The van der Waals surface area contributed by atoms with Crippen LogP contribution in [0.4, 0.5) is 0 Å². The number of hydrogen-bond acceptors (Lipinski definition) is 2. The minimum atomic E-state index is 0.596. The fraction of sp³-hybridized carbons (Fsp3) is 0.154. The lowest BCUT2D eigenvalue weighted by Gasteiger charge is -2.00. The topological polar surface area (TPSA) is 54.7 Å². The highest BCUT2D eigenvalue weighted by molar-refractivity contribution is 5.67. The zero-order valence-electron chi connectivity index (χ0n) is 8.90. The van der Waals surface area contributed by atoms with Crippen molar-refractivity contribution in [3.63, 3.8) is 0 Å². The van der Waals surface area contributed by atoms with Crippen LogP contribution in [0.3, 0.4) is 0 Å². The minimum Gasteiger partial charge on any atom is -0.330 e. The quantitative estimate of drug-likeness (QED) is 0.744. The normalized spacial score (nSPS) is 9.56. The number of nitrogens with two attached hydrogens (primary N) is 1. The van der Waals surface area contributed by atoms with E-state index in [-0.39, 0.29) is 0 Å². The van der Waals surface area contributed by atoms with Gasteiger partial charge >= 0.3 is 0 Å². The molecule has 0 saturated carbocycles. The molecule has 0 atom stereocenters. The van der Waals surface area contributed by atoms with Crippen molar-refractivity contribution in [2.75, 3.05) is 6.54 Å². The molecule has 80 valence electrons. The van der Waals surface area contributed by atoms with Crippen molar-refractivity contribution in [2.24, 2.45) is 5.73 Å². The average molecular weight is 211 g/mol. The third-order valence-corrected chi connectivity index (χ3v) is 2.21. The Kier molecular flexibility index (Phi) is 3.37. The Morgan fingerprint density at radius 3 is 2.88 bits per heavy atom. The van der Waals surface area contributed by atoms with Gasteiger partial charge in [0.2, 0.25) is 0 Å². The maximum Gasteiger partial charge on any atom is 0.0662 e. The van der Waals surface area contributed by atoms with Crippen molar-refractivity contribution in [3.8, 4) is 23.1 Å². The van der Waals surface area contributed by atoms with E-state index in [1.54, 1.807) is 6.20 Å². The molecule has 0 aliphatic carbocycles. The van der Waals surface area contributed by atoms with Gasteiger partial charge in [-0.3, -0.25) is 5.10 Å². The van der Waals surface area contributed by atoms with Crippen molar-refractivity contribution in [3.05, 3.63) is 42.1 Å². The van der Waals surface area contributed by atoms with E-state index in [1.807, 2.05) is 30.3 Å². The van der Waals surface area contributed by atoms with E-state index in [1.165, 1.54) is 0 Å². The van der Waals surface area contributed by atoms with Crippen LogP contribution in [0.15, 0.2) is 36.5 Å². The van der Waals surface area contributed by atoms with Crippen LogP contribution in [0.2, 0.25) is 0 Å². The number of nitrogens with zero attached hydrogens (tertiary/aromatic N) is 1. The Labute approximate surface area is 94.7 Å². The molecule has 0 aliphatic rings. The molecule has 0 bridgehead atoms. The summed E-state index contributed by atoms with van der Waals surface area (Å²) in [6, 6.07) is 9.93. The van der Waals surface area contributed by atoms with Gasteiger partial charge in [0, 0.05) is 30.3 Å². The molecule has 1 aromatic carbocycles. The Morgan fingerprint density at radius 1 is 1.25 bits per heavy atom. The van der Waals surface area contributed by atoms with Gasteiger partial charge in [0.1, 0.15) is 0 Å². The second-order valence-corrected chi connectivity index (χ2v) is 3.36. The fourth-order valence-corrected chi connectivity index (χ4v) is 1.46. The first-order valence-electron chi connectivity index (χ1n) is 5.19. The van der Waals surface area contributed by atoms with Crippen LogP contribution >= 0.6 is 0 Å². The molecule has 0 fully saturated rings. The Balaban J connectivity index is 2.36. The van der Waals surface area contributed by atoms with E-state index in [9.17, 15) is 0 Å². The van der Waals surface area contributed by atoms with Gasteiger partial charge < -0.3 is 5.73 Å². The summed E-state index contributed by atoms with van der Waals surface area (Å²) in [5.74, 6) is 6.17. The van der Waals surface area contributed by atoms with Gasteiger partial charge in [0.15, 0.2) is 0 Å². The first-order valence-corrected chi connectivity index (χ1v) is 5.19. The standard InChI is InChI=1S/C13H13N3/c14-9-4-3-6-11-5-1-2-7-12(11)13-8-10-15-16-13/h1-2,5,7-8,10H,4,9,14H2,(H,15,16). The maximum atomic E-state index is 5.41. The first-order chi connectivity index (χ1) is 7.92. The van der Waals surface area contributed by atoms with Gasteiger partial charge in [-0.2, -0.15) is 5.10 Å². The highest BCUT2D eigenvalue weighted by Gasteiger charge is 2.02. The molecule has 3 N–H and O–H groups in total. The Hall–Kier alpha value is -2.05. The number of aromatic amines is 1. The summed E-state index contributed by atoms with van der Waals surface area (Å²) in [5, 5.41) is 6.88. The van der Waals surface area contributed by atoms with Crippen LogP contribution in [-0.2, 0) is 0 Å². The van der Waals surface area contributed by atoms with Crippen LogP contribution in [-0.4, -0.2) is 16.7 Å². The van der Waals surface area contributed by atoms with Gasteiger partial charge in [-0.15, -0.1) is 0 Å². The van der Waals surface area contributed by atoms with Crippen LogP contribution < -0.4 is 5.73 Å². The van der Waals surface area contributed by atoms with E-state index in [4.69, 9.17) is 5.73 Å². The molecule has 3 heteroatoms. The molecule has 3 nitrogen and oxygen atoms in total. The molecule has 16 heavy (non-hydrogen) atoms.